The molecule has 9 nitrogen and oxygen atoms in total. The molecule has 1 aromatic heterocycles. The van der Waals surface area contributed by atoms with Gasteiger partial charge >= 0.3 is 0 Å². The molecular formula is C30H32N6O3S. The quantitative estimate of drug-likeness (QED) is 0.176. The molecule has 0 radical (unpaired) electrons. The summed E-state index contributed by atoms with van der Waals surface area (Å²) in [5, 5.41) is 19.1. The number of hydrogen-bond donors (Lipinski definition) is 5. The highest BCUT2D eigenvalue weighted by molar-refractivity contribution is 7.91. The van der Waals surface area contributed by atoms with E-state index in [1.807, 2.05) is 61.5 Å². The summed E-state index contributed by atoms with van der Waals surface area (Å²) in [6.45, 7) is 1.77. The van der Waals surface area contributed by atoms with Crippen molar-refractivity contribution in [2.75, 3.05) is 28.8 Å². The van der Waals surface area contributed by atoms with Gasteiger partial charge in [0, 0.05) is 40.3 Å². The summed E-state index contributed by atoms with van der Waals surface area (Å²) in [5.74, 6) is 0.879. The first kappa shape index (κ1) is 27.3. The van der Waals surface area contributed by atoms with Crippen molar-refractivity contribution >= 4 is 38.8 Å². The van der Waals surface area contributed by atoms with Gasteiger partial charge in [-0.05, 0) is 67.3 Å². The lowest BCUT2D eigenvalue weighted by Gasteiger charge is -2.18. The second-order valence-electron chi connectivity index (χ2n) is 10.2. The van der Waals surface area contributed by atoms with E-state index in [9.17, 15) is 14.1 Å². The Morgan fingerprint density at radius 3 is 2.27 bits per heavy atom. The van der Waals surface area contributed by atoms with Crippen LogP contribution >= 0.6 is 0 Å². The van der Waals surface area contributed by atoms with E-state index in [1.165, 1.54) is 6.26 Å². The molecule has 1 saturated carbocycles. The second kappa shape index (κ2) is 11.1. The number of benzene rings is 3. The average molecular weight is 557 g/mol. The largest absolute Gasteiger partial charge is 0.394 e. The van der Waals surface area contributed by atoms with Gasteiger partial charge in [0.25, 0.3) is 0 Å². The van der Waals surface area contributed by atoms with Gasteiger partial charge in [0.15, 0.2) is 0 Å². The Labute approximate surface area is 234 Å². The number of hydrogen-bond acceptors (Lipinski definition) is 8. The van der Waals surface area contributed by atoms with Crippen LogP contribution in [-0.4, -0.2) is 44.1 Å². The monoisotopic (exact) mass is 556 g/mol. The molecule has 1 fully saturated rings. The molecule has 5 N–H and O–H groups in total. The summed E-state index contributed by atoms with van der Waals surface area (Å²) in [4.78, 5) is 22.7. The van der Waals surface area contributed by atoms with Gasteiger partial charge in [-0.15, -0.1) is 0 Å². The van der Waals surface area contributed by atoms with Gasteiger partial charge in [-0.3, -0.25) is 4.79 Å². The first-order valence-electron chi connectivity index (χ1n) is 13.0. The molecule has 0 aliphatic heterocycles. The minimum atomic E-state index is -2.79. The van der Waals surface area contributed by atoms with Crippen LogP contribution in [0.15, 0.2) is 90.0 Å². The number of anilines is 4. The predicted octanol–water partition coefficient (Wildman–Crippen LogP) is 5.39. The number of carbonyl (C=O) groups excluding carboxylic acids is 1. The topological polar surface area (TPSA) is 140 Å². The number of nitrogens with zero attached hydrogens (tertiary/aromatic N) is 2. The molecule has 40 heavy (non-hydrogen) atoms. The lowest BCUT2D eigenvalue weighted by atomic mass is 9.95. The standard InChI is InChI=1S/C30H32N6O3S/c1-20(19-37)33-27-26(18-32-29(36-27)35-24-12-14-25(15-13-24)40(2,31)39)21-8-10-23(11-9-21)34-28(38)30(16-17-30)22-6-4-3-5-7-22/h3-15,18,20,31,37H,16-17,19H2,1-2H3,(H,34,38)(H2,32,33,35,36)/t20-,40?/m1/s1. The predicted molar refractivity (Wildman–Crippen MR) is 158 cm³/mol. The summed E-state index contributed by atoms with van der Waals surface area (Å²) in [7, 11) is -2.79. The van der Waals surface area contributed by atoms with E-state index in [1.54, 1.807) is 30.5 Å². The molecule has 5 rings (SSSR count). The van der Waals surface area contributed by atoms with Crippen molar-refractivity contribution < 1.29 is 14.1 Å². The Balaban J connectivity index is 1.35. The van der Waals surface area contributed by atoms with Gasteiger partial charge in [-0.25, -0.2) is 14.0 Å². The molecule has 0 spiro atoms. The van der Waals surface area contributed by atoms with Crippen molar-refractivity contribution in [3.8, 4) is 11.1 Å². The molecule has 1 unspecified atom stereocenters. The fourth-order valence-electron chi connectivity index (χ4n) is 4.48. The Hall–Kier alpha value is -4.28. The maximum absolute atomic E-state index is 13.1. The third kappa shape index (κ3) is 5.98. The molecule has 10 heteroatoms. The van der Waals surface area contributed by atoms with E-state index in [0.717, 1.165) is 29.5 Å². The molecule has 0 saturated heterocycles. The first-order valence-corrected chi connectivity index (χ1v) is 15.0. The van der Waals surface area contributed by atoms with Crippen molar-refractivity contribution in [2.24, 2.45) is 0 Å². The lowest BCUT2D eigenvalue weighted by molar-refractivity contribution is -0.118. The highest BCUT2D eigenvalue weighted by atomic mass is 32.2. The summed E-state index contributed by atoms with van der Waals surface area (Å²) in [6.07, 6.45) is 4.75. The highest BCUT2D eigenvalue weighted by Crippen LogP contribution is 2.49. The third-order valence-corrected chi connectivity index (χ3v) is 8.14. The zero-order chi connectivity index (χ0) is 28.3. The van der Waals surface area contributed by atoms with E-state index < -0.39 is 15.1 Å². The summed E-state index contributed by atoms with van der Waals surface area (Å²) >= 11 is 0. The first-order chi connectivity index (χ1) is 19.2. The van der Waals surface area contributed by atoms with Crippen LogP contribution in [0.2, 0.25) is 0 Å². The van der Waals surface area contributed by atoms with Crippen molar-refractivity contribution in [1.82, 2.24) is 9.97 Å². The molecule has 1 aliphatic carbocycles. The van der Waals surface area contributed by atoms with Crippen LogP contribution in [0, 0.1) is 4.78 Å². The van der Waals surface area contributed by atoms with Gasteiger partial charge in [0.2, 0.25) is 11.9 Å². The Morgan fingerprint density at radius 1 is 1.02 bits per heavy atom. The number of nitrogens with one attached hydrogen (secondary N) is 4. The molecule has 206 valence electrons. The van der Waals surface area contributed by atoms with Crippen molar-refractivity contribution in [1.29, 1.82) is 4.78 Å². The molecular weight excluding hydrogens is 524 g/mol. The number of aromatic nitrogens is 2. The van der Waals surface area contributed by atoms with Crippen molar-refractivity contribution in [3.63, 3.8) is 0 Å². The van der Waals surface area contributed by atoms with Crippen LogP contribution in [0.5, 0.6) is 0 Å². The lowest BCUT2D eigenvalue weighted by Crippen LogP contribution is -2.27. The normalized spacial score (nSPS) is 15.9. The Morgan fingerprint density at radius 2 is 1.68 bits per heavy atom. The number of aliphatic hydroxyl groups excluding tert-OH is 1. The van der Waals surface area contributed by atoms with Crippen LogP contribution in [-0.2, 0) is 19.9 Å². The number of aliphatic hydroxyl groups is 1. The van der Waals surface area contributed by atoms with Gasteiger partial charge < -0.3 is 21.1 Å². The van der Waals surface area contributed by atoms with Crippen molar-refractivity contribution in [2.45, 2.75) is 36.1 Å². The molecule has 2 atom stereocenters. The van der Waals surface area contributed by atoms with Gasteiger partial charge in [-0.1, -0.05) is 42.5 Å². The van der Waals surface area contributed by atoms with E-state index in [0.29, 0.717) is 28.0 Å². The number of carbonyl (C=O) groups is 1. The summed E-state index contributed by atoms with van der Waals surface area (Å²) in [5.41, 5.74) is 3.57. The van der Waals surface area contributed by atoms with Crippen LogP contribution in [0.4, 0.5) is 23.1 Å². The van der Waals surface area contributed by atoms with Gasteiger partial charge in [0.05, 0.1) is 21.8 Å². The molecule has 1 heterocycles. The average Bonchev–Trinajstić information content (AvgIpc) is 3.76. The maximum atomic E-state index is 13.1. The zero-order valence-electron chi connectivity index (χ0n) is 22.3. The van der Waals surface area contributed by atoms with E-state index >= 15 is 0 Å². The smallest absolute Gasteiger partial charge is 0.235 e. The second-order valence-corrected chi connectivity index (χ2v) is 12.3. The number of amides is 1. The minimum absolute atomic E-state index is 0.00128. The van der Waals surface area contributed by atoms with E-state index in [-0.39, 0.29) is 18.6 Å². The van der Waals surface area contributed by atoms with Gasteiger partial charge in [0.1, 0.15) is 5.82 Å². The molecule has 3 aromatic carbocycles. The molecule has 4 aromatic rings. The molecule has 0 bridgehead atoms. The fourth-order valence-corrected chi connectivity index (χ4v) is 5.14. The summed E-state index contributed by atoms with van der Waals surface area (Å²) in [6, 6.07) is 23.9. The van der Waals surface area contributed by atoms with Crippen LogP contribution in [0.1, 0.15) is 25.3 Å². The van der Waals surface area contributed by atoms with Gasteiger partial charge in [-0.2, -0.15) is 4.98 Å². The highest BCUT2D eigenvalue weighted by Gasteiger charge is 2.51. The summed E-state index contributed by atoms with van der Waals surface area (Å²) < 4.78 is 19.7. The molecule has 1 amide bonds. The van der Waals surface area contributed by atoms with Crippen molar-refractivity contribution in [3.05, 3.63) is 90.6 Å². The Bertz CT molecular complexity index is 1600. The SMILES string of the molecule is C[C@H](CO)Nc1nc(Nc2ccc(S(C)(=N)=O)cc2)ncc1-c1ccc(NC(=O)C2(c3ccccc3)CC2)cc1. The van der Waals surface area contributed by atoms with Crippen LogP contribution < -0.4 is 16.0 Å². The zero-order valence-corrected chi connectivity index (χ0v) is 23.2. The van der Waals surface area contributed by atoms with E-state index in [2.05, 4.69) is 25.9 Å². The maximum Gasteiger partial charge on any atom is 0.235 e. The van der Waals surface area contributed by atoms with Crippen LogP contribution in [0.3, 0.4) is 0 Å². The third-order valence-electron chi connectivity index (χ3n) is 6.97. The van der Waals surface area contributed by atoms with Crippen LogP contribution in [0.25, 0.3) is 11.1 Å². The molecule has 1 aliphatic rings. The Kier molecular flexibility index (Phi) is 7.55. The number of rotatable bonds is 10. The minimum Gasteiger partial charge on any atom is -0.394 e. The fraction of sp³-hybridized carbons (Fsp3) is 0.233. The van der Waals surface area contributed by atoms with E-state index in [4.69, 9.17) is 4.78 Å².